The molecule has 40 heavy (non-hydrogen) atoms. The predicted molar refractivity (Wildman–Crippen MR) is 163 cm³/mol. The molecule has 0 bridgehead atoms. The molecule has 0 aliphatic rings. The Labute approximate surface area is 246 Å². The van der Waals surface area contributed by atoms with Crippen molar-refractivity contribution >= 4 is 27.7 Å². The van der Waals surface area contributed by atoms with Gasteiger partial charge in [-0.3, -0.25) is 4.79 Å². The van der Waals surface area contributed by atoms with Gasteiger partial charge in [-0.15, -0.1) is 0 Å². The first-order valence-electron chi connectivity index (χ1n) is 13.3. The van der Waals surface area contributed by atoms with Crippen LogP contribution >= 0.6 is 15.9 Å². The summed E-state index contributed by atoms with van der Waals surface area (Å²) in [6.45, 7) is 19.5. The molecule has 0 aliphatic heterocycles. The molecule has 1 atom stereocenters. The van der Waals surface area contributed by atoms with Gasteiger partial charge in [-0.1, -0.05) is 89.5 Å². The van der Waals surface area contributed by atoms with Crippen LogP contribution in [0.5, 0.6) is 0 Å². The number of benzene rings is 2. The van der Waals surface area contributed by atoms with Crippen LogP contribution in [-0.4, -0.2) is 10.9 Å². The maximum Gasteiger partial charge on any atom is 0.255 e. The first-order chi connectivity index (χ1) is 18.6. The van der Waals surface area contributed by atoms with E-state index in [-0.39, 0.29) is 29.3 Å². The van der Waals surface area contributed by atoms with Crippen molar-refractivity contribution in [3.8, 4) is 6.07 Å². The van der Waals surface area contributed by atoms with Gasteiger partial charge >= 0.3 is 0 Å². The van der Waals surface area contributed by atoms with Crippen molar-refractivity contribution in [2.45, 2.75) is 74.9 Å². The zero-order chi connectivity index (χ0) is 30.7. The molecule has 3 rings (SSSR count). The molecule has 8 heteroatoms. The summed E-state index contributed by atoms with van der Waals surface area (Å²) in [5.74, 6) is -1.01. The number of halogens is 3. The average molecular weight is 616 g/mol. The largest absolute Gasteiger partial charge is 0.365 e. The maximum absolute atomic E-state index is 14.1. The Morgan fingerprint density at radius 3 is 2.08 bits per heavy atom. The number of pyridine rings is 1. The lowest BCUT2D eigenvalue weighted by Gasteiger charge is -2.34. The smallest absolute Gasteiger partial charge is 0.255 e. The van der Waals surface area contributed by atoms with Crippen molar-refractivity contribution < 1.29 is 13.6 Å². The highest BCUT2D eigenvalue weighted by molar-refractivity contribution is 9.10. The number of nitrogens with zero attached hydrogens (tertiary/aromatic N) is 2. The Bertz CT molecular complexity index is 1280. The van der Waals surface area contributed by atoms with Crippen LogP contribution in [0.4, 0.5) is 14.6 Å². The number of hydrogen-bond donors (Lipinski definition) is 2. The van der Waals surface area contributed by atoms with Crippen molar-refractivity contribution in [2.24, 2.45) is 10.8 Å². The van der Waals surface area contributed by atoms with Crippen LogP contribution in [0.1, 0.15) is 95.4 Å². The predicted octanol–water partition coefficient (Wildman–Crippen LogP) is 9.20. The van der Waals surface area contributed by atoms with E-state index in [1.165, 1.54) is 30.5 Å². The Hall–Kier alpha value is -3.31. The van der Waals surface area contributed by atoms with Crippen molar-refractivity contribution in [2.75, 3.05) is 5.32 Å². The molecule has 216 valence electrons. The molecule has 2 aromatic carbocycles. The maximum atomic E-state index is 14.1. The van der Waals surface area contributed by atoms with E-state index in [1.807, 2.05) is 19.9 Å². The van der Waals surface area contributed by atoms with E-state index >= 15 is 0 Å². The van der Waals surface area contributed by atoms with Gasteiger partial charge < -0.3 is 10.6 Å². The highest BCUT2D eigenvalue weighted by atomic mass is 79.9. The normalized spacial score (nSPS) is 11.6. The van der Waals surface area contributed by atoms with Crippen molar-refractivity contribution in [3.05, 3.63) is 93.1 Å². The summed E-state index contributed by atoms with van der Waals surface area (Å²) < 4.78 is 27.8. The van der Waals surface area contributed by atoms with Crippen LogP contribution in [0.3, 0.4) is 0 Å². The minimum Gasteiger partial charge on any atom is -0.365 e. The van der Waals surface area contributed by atoms with Gasteiger partial charge in [0.1, 0.15) is 23.5 Å². The third-order valence-corrected chi connectivity index (χ3v) is 7.18. The molecule has 0 fully saturated rings. The molecule has 0 spiro atoms. The molecule has 0 radical (unpaired) electrons. The number of carbonyl (C=O) groups is 1. The Balaban J connectivity index is 0.000000689. The summed E-state index contributed by atoms with van der Waals surface area (Å²) >= 11 is 3.21. The third kappa shape index (κ3) is 10.7. The van der Waals surface area contributed by atoms with Gasteiger partial charge in [-0.05, 0) is 53.6 Å². The number of carbonyl (C=O) groups excluding carboxylic acids is 1. The summed E-state index contributed by atoms with van der Waals surface area (Å²) in [7, 11) is 0. The average Bonchev–Trinajstić information content (AvgIpc) is 2.89. The lowest BCUT2D eigenvalue weighted by Crippen LogP contribution is -2.28. The molecule has 2 N–H and O–H groups in total. The van der Waals surface area contributed by atoms with E-state index in [9.17, 15) is 13.6 Å². The molecule has 0 saturated heterocycles. The molecule has 5 nitrogen and oxygen atoms in total. The Morgan fingerprint density at radius 1 is 1.00 bits per heavy atom. The van der Waals surface area contributed by atoms with Crippen LogP contribution in [0.25, 0.3) is 0 Å². The second kappa shape index (κ2) is 15.5. The molecular weight excluding hydrogens is 574 g/mol. The molecule has 1 aromatic heterocycles. The molecule has 3 aromatic rings. The first kappa shape index (κ1) is 34.7. The Kier molecular flexibility index (Phi) is 13.4. The van der Waals surface area contributed by atoms with E-state index in [4.69, 9.17) is 5.26 Å². The van der Waals surface area contributed by atoms with Gasteiger partial charge in [0.25, 0.3) is 5.91 Å². The van der Waals surface area contributed by atoms with Crippen LogP contribution in [0.15, 0.2) is 59.2 Å². The van der Waals surface area contributed by atoms with E-state index in [0.29, 0.717) is 20.9 Å². The molecule has 1 amide bonds. The van der Waals surface area contributed by atoms with Gasteiger partial charge in [-0.25, -0.2) is 13.8 Å². The molecule has 0 saturated carbocycles. The summed E-state index contributed by atoms with van der Waals surface area (Å²) in [5.41, 5.74) is 2.37. The van der Waals surface area contributed by atoms with Crippen LogP contribution in [0, 0.1) is 33.8 Å². The van der Waals surface area contributed by atoms with Crippen molar-refractivity contribution in [1.29, 1.82) is 5.26 Å². The fourth-order valence-electron chi connectivity index (χ4n) is 2.79. The number of amides is 1. The second-order valence-corrected chi connectivity index (χ2v) is 12.0. The number of aromatic nitrogens is 1. The third-order valence-electron chi connectivity index (χ3n) is 6.69. The van der Waals surface area contributed by atoms with Gasteiger partial charge in [-0.2, -0.15) is 5.26 Å². The van der Waals surface area contributed by atoms with Gasteiger partial charge in [0, 0.05) is 22.8 Å². The SMILES string of the molecule is CC.CC(C)(C)C(C)(C)C.CC(NC(=O)c1cc(C#N)cnc1NCc1ccc(Br)cc1F)c1ccc(F)cc1. The van der Waals surface area contributed by atoms with Crippen molar-refractivity contribution in [3.63, 3.8) is 0 Å². The van der Waals surface area contributed by atoms with E-state index in [1.54, 1.807) is 31.2 Å². The number of nitriles is 1. The second-order valence-electron chi connectivity index (χ2n) is 11.1. The number of anilines is 1. The van der Waals surface area contributed by atoms with Gasteiger partial charge in [0.05, 0.1) is 17.2 Å². The summed E-state index contributed by atoms with van der Waals surface area (Å²) in [5, 5.41) is 14.9. The van der Waals surface area contributed by atoms with Crippen LogP contribution < -0.4 is 10.6 Å². The minimum atomic E-state index is -0.463. The fourth-order valence-corrected chi connectivity index (χ4v) is 3.13. The van der Waals surface area contributed by atoms with E-state index in [2.05, 4.69) is 73.1 Å². The molecule has 0 aliphatic carbocycles. The molecule has 1 unspecified atom stereocenters. The van der Waals surface area contributed by atoms with E-state index < -0.39 is 17.8 Å². The highest BCUT2D eigenvalue weighted by Gasteiger charge is 2.26. The Morgan fingerprint density at radius 2 is 1.57 bits per heavy atom. The van der Waals surface area contributed by atoms with E-state index in [0.717, 1.165) is 5.56 Å². The summed E-state index contributed by atoms with van der Waals surface area (Å²) in [6, 6.07) is 13.4. The van der Waals surface area contributed by atoms with Gasteiger partial charge in [0.2, 0.25) is 0 Å². The minimum absolute atomic E-state index is 0.103. The number of rotatable bonds is 6. The monoisotopic (exact) mass is 614 g/mol. The van der Waals surface area contributed by atoms with Crippen LogP contribution in [-0.2, 0) is 6.54 Å². The quantitative estimate of drug-likeness (QED) is 0.290. The number of nitrogens with one attached hydrogen (secondary N) is 2. The zero-order valence-corrected chi connectivity index (χ0v) is 26.5. The lowest BCUT2D eigenvalue weighted by molar-refractivity contribution is 0.0940. The summed E-state index contributed by atoms with van der Waals surface area (Å²) in [6.07, 6.45) is 1.33. The van der Waals surface area contributed by atoms with Gasteiger partial charge in [0.15, 0.2) is 0 Å². The van der Waals surface area contributed by atoms with Crippen LogP contribution in [0.2, 0.25) is 0 Å². The van der Waals surface area contributed by atoms with Crippen molar-refractivity contribution in [1.82, 2.24) is 10.3 Å². The zero-order valence-electron chi connectivity index (χ0n) is 24.9. The number of hydrogen-bond acceptors (Lipinski definition) is 4. The molecule has 1 heterocycles. The standard InChI is InChI=1S/C22H17BrF2N4O.C8H18.C2H6/c1-13(15-3-6-18(24)7-4-15)29-22(30)19-8-14(10-26)11-27-21(19)28-12-16-2-5-17(23)9-20(16)25;1-7(2,3)8(4,5)6;1-2/h2-9,11,13H,12H2,1H3,(H,27,28)(H,29,30);1-6H3;1-2H3. The fraction of sp³-hybridized carbons (Fsp3) is 0.406. The summed E-state index contributed by atoms with van der Waals surface area (Å²) in [4.78, 5) is 17.0. The first-order valence-corrected chi connectivity index (χ1v) is 14.1. The highest BCUT2D eigenvalue weighted by Crippen LogP contribution is 2.36. The lowest BCUT2D eigenvalue weighted by atomic mass is 9.71. The topological polar surface area (TPSA) is 77.8 Å². The molecular formula is C32H41BrF2N4O.